The lowest BCUT2D eigenvalue weighted by atomic mass is 10.0. The zero-order valence-electron chi connectivity index (χ0n) is 15.5. The van der Waals surface area contributed by atoms with Crippen LogP contribution in [0.1, 0.15) is 39.5 Å². The predicted octanol–water partition coefficient (Wildman–Crippen LogP) is 0.640. The second kappa shape index (κ2) is 11.2. The first-order chi connectivity index (χ1) is 11.0. The van der Waals surface area contributed by atoms with Crippen molar-refractivity contribution in [3.8, 4) is 0 Å². The number of likely N-dealkylation sites (N-methyl/N-ethyl adjacent to an activating group) is 1. The fourth-order valence-corrected chi connectivity index (χ4v) is 2.67. The standard InChI is InChI=1S/C15H33N2O6P/c1-6-7-8-9-15(19)14(16-13(2)18)12-23-24(20,21)22-11-10-17(3,4)5/h14-15,19H,6-12H2,1-5H3,(H-,16,18,20,21). The molecule has 0 aliphatic rings. The van der Waals surface area contributed by atoms with Crippen LogP contribution in [0.5, 0.6) is 0 Å². The fourth-order valence-electron chi connectivity index (χ4n) is 1.95. The minimum Gasteiger partial charge on any atom is -0.756 e. The summed E-state index contributed by atoms with van der Waals surface area (Å²) < 4.78 is 22.0. The van der Waals surface area contributed by atoms with E-state index in [9.17, 15) is 19.4 Å². The highest BCUT2D eigenvalue weighted by Crippen LogP contribution is 2.38. The maximum absolute atomic E-state index is 11.8. The zero-order chi connectivity index (χ0) is 18.8. The van der Waals surface area contributed by atoms with Gasteiger partial charge in [-0.05, 0) is 6.42 Å². The van der Waals surface area contributed by atoms with E-state index in [2.05, 4.69) is 5.32 Å². The molecule has 0 bridgehead atoms. The zero-order valence-corrected chi connectivity index (χ0v) is 16.4. The third-order valence-corrected chi connectivity index (χ3v) is 4.34. The molecule has 0 rings (SSSR count). The largest absolute Gasteiger partial charge is 0.756 e. The molecular weight excluding hydrogens is 335 g/mol. The predicted molar refractivity (Wildman–Crippen MR) is 90.2 cm³/mol. The van der Waals surface area contributed by atoms with E-state index in [0.29, 0.717) is 17.4 Å². The second-order valence-electron chi connectivity index (χ2n) is 6.96. The molecule has 0 aromatic carbocycles. The summed E-state index contributed by atoms with van der Waals surface area (Å²) in [7, 11) is 1.28. The molecule has 1 amide bonds. The summed E-state index contributed by atoms with van der Waals surface area (Å²) in [5.41, 5.74) is 0. The topological polar surface area (TPSA) is 108 Å². The van der Waals surface area contributed by atoms with Crippen LogP contribution in [0.25, 0.3) is 0 Å². The Kier molecular flexibility index (Phi) is 10.9. The highest BCUT2D eigenvalue weighted by Gasteiger charge is 2.23. The van der Waals surface area contributed by atoms with Crippen molar-refractivity contribution in [2.45, 2.75) is 51.7 Å². The third-order valence-electron chi connectivity index (χ3n) is 3.38. The van der Waals surface area contributed by atoms with Crippen LogP contribution in [0.2, 0.25) is 0 Å². The molecule has 0 spiro atoms. The number of hydrogen-bond donors (Lipinski definition) is 2. The molecule has 0 aliphatic heterocycles. The normalized spacial score (nSPS) is 17.1. The van der Waals surface area contributed by atoms with E-state index in [-0.39, 0.29) is 19.1 Å². The first-order valence-corrected chi connectivity index (χ1v) is 9.78. The summed E-state index contributed by atoms with van der Waals surface area (Å²) in [5, 5.41) is 12.7. The molecule has 144 valence electrons. The average Bonchev–Trinajstić information content (AvgIpc) is 2.41. The summed E-state index contributed by atoms with van der Waals surface area (Å²) in [6, 6.07) is -0.788. The van der Waals surface area contributed by atoms with Crippen LogP contribution in [0, 0.1) is 0 Å². The first-order valence-electron chi connectivity index (χ1n) is 8.32. The summed E-state index contributed by atoms with van der Waals surface area (Å²) in [6.07, 6.45) is 2.35. The molecule has 0 aromatic heterocycles. The molecule has 3 unspecified atom stereocenters. The van der Waals surface area contributed by atoms with Crippen LogP contribution in [-0.4, -0.2) is 68.5 Å². The summed E-state index contributed by atoms with van der Waals surface area (Å²) in [4.78, 5) is 23.0. The lowest BCUT2D eigenvalue weighted by molar-refractivity contribution is -0.870. The van der Waals surface area contributed by atoms with Gasteiger partial charge in [-0.3, -0.25) is 9.36 Å². The molecule has 3 atom stereocenters. The molecule has 0 aliphatic carbocycles. The van der Waals surface area contributed by atoms with Crippen molar-refractivity contribution in [2.75, 3.05) is 40.9 Å². The SMILES string of the molecule is CCCCCC(O)C(COP(=O)([O-])OCC[N+](C)(C)C)NC(C)=O. The van der Waals surface area contributed by atoms with E-state index in [4.69, 9.17) is 9.05 Å². The van der Waals surface area contributed by atoms with Gasteiger partial charge in [0.25, 0.3) is 7.82 Å². The van der Waals surface area contributed by atoms with Gasteiger partial charge < -0.3 is 28.8 Å². The van der Waals surface area contributed by atoms with Crippen molar-refractivity contribution in [2.24, 2.45) is 0 Å². The smallest absolute Gasteiger partial charge is 0.268 e. The Balaban J connectivity index is 4.45. The number of unbranched alkanes of at least 4 members (excludes halogenated alkanes) is 2. The highest BCUT2D eigenvalue weighted by atomic mass is 31.2. The first kappa shape index (κ1) is 23.5. The monoisotopic (exact) mass is 368 g/mol. The van der Waals surface area contributed by atoms with Crippen molar-refractivity contribution in [3.05, 3.63) is 0 Å². The van der Waals surface area contributed by atoms with Gasteiger partial charge in [-0.25, -0.2) is 0 Å². The Labute approximate surface area is 145 Å². The number of aliphatic hydroxyl groups excluding tert-OH is 1. The van der Waals surface area contributed by atoms with Crippen molar-refractivity contribution in [1.82, 2.24) is 5.32 Å². The van der Waals surface area contributed by atoms with E-state index >= 15 is 0 Å². The average molecular weight is 368 g/mol. The van der Waals surface area contributed by atoms with Crippen molar-refractivity contribution in [3.63, 3.8) is 0 Å². The van der Waals surface area contributed by atoms with Crippen molar-refractivity contribution < 1.29 is 32.9 Å². The van der Waals surface area contributed by atoms with E-state index in [1.165, 1.54) is 6.92 Å². The van der Waals surface area contributed by atoms with Gasteiger partial charge in [0.05, 0.1) is 39.9 Å². The minimum absolute atomic E-state index is 0.00807. The van der Waals surface area contributed by atoms with E-state index in [1.54, 1.807) is 0 Å². The van der Waals surface area contributed by atoms with Gasteiger partial charge in [0.1, 0.15) is 13.2 Å². The third kappa shape index (κ3) is 12.9. The molecule has 0 radical (unpaired) electrons. The molecule has 24 heavy (non-hydrogen) atoms. The van der Waals surface area contributed by atoms with Crippen LogP contribution in [0.15, 0.2) is 0 Å². The van der Waals surface area contributed by atoms with Gasteiger partial charge >= 0.3 is 0 Å². The molecule has 0 heterocycles. The Morgan fingerprint density at radius 1 is 1.29 bits per heavy atom. The van der Waals surface area contributed by atoms with Gasteiger partial charge in [-0.15, -0.1) is 0 Å². The number of hydrogen-bond acceptors (Lipinski definition) is 6. The second-order valence-corrected chi connectivity index (χ2v) is 8.37. The number of phosphoric ester groups is 1. The molecule has 0 saturated heterocycles. The molecule has 0 fully saturated rings. The van der Waals surface area contributed by atoms with Gasteiger partial charge in [-0.1, -0.05) is 26.2 Å². The number of carbonyl (C=O) groups excluding carboxylic acids is 1. The number of carbonyl (C=O) groups is 1. The lowest BCUT2D eigenvalue weighted by Gasteiger charge is -2.29. The molecule has 0 saturated carbocycles. The summed E-state index contributed by atoms with van der Waals surface area (Å²) in [5.74, 6) is -0.357. The quantitative estimate of drug-likeness (QED) is 0.281. The number of aliphatic hydroxyl groups is 1. The molecule has 2 N–H and O–H groups in total. The van der Waals surface area contributed by atoms with Crippen molar-refractivity contribution in [1.29, 1.82) is 0 Å². The van der Waals surface area contributed by atoms with Gasteiger partial charge in [0.15, 0.2) is 0 Å². The Bertz CT molecular complexity index is 413. The highest BCUT2D eigenvalue weighted by molar-refractivity contribution is 7.45. The summed E-state index contributed by atoms with van der Waals surface area (Å²) >= 11 is 0. The van der Waals surface area contributed by atoms with E-state index < -0.39 is 20.0 Å². The van der Waals surface area contributed by atoms with Gasteiger partial charge in [0.2, 0.25) is 5.91 Å². The number of nitrogens with zero attached hydrogens (tertiary/aromatic N) is 1. The molecule has 9 heteroatoms. The number of rotatable bonds is 13. The van der Waals surface area contributed by atoms with E-state index in [1.807, 2.05) is 28.1 Å². The molecule has 0 aromatic rings. The Morgan fingerprint density at radius 3 is 2.42 bits per heavy atom. The fraction of sp³-hybridized carbons (Fsp3) is 0.933. The van der Waals surface area contributed by atoms with Gasteiger partial charge in [-0.2, -0.15) is 0 Å². The van der Waals surface area contributed by atoms with Crippen LogP contribution in [-0.2, 0) is 18.4 Å². The lowest BCUT2D eigenvalue weighted by Crippen LogP contribution is -2.45. The maximum Gasteiger partial charge on any atom is 0.268 e. The Hall–Kier alpha value is -0.500. The summed E-state index contributed by atoms with van der Waals surface area (Å²) in [6.45, 7) is 3.51. The van der Waals surface area contributed by atoms with Crippen LogP contribution in [0.4, 0.5) is 0 Å². The number of phosphoric acid groups is 1. The molecular formula is C15H33N2O6P. The number of quaternary nitrogens is 1. The van der Waals surface area contributed by atoms with Crippen LogP contribution >= 0.6 is 7.82 Å². The Morgan fingerprint density at radius 2 is 1.92 bits per heavy atom. The van der Waals surface area contributed by atoms with Crippen LogP contribution < -0.4 is 10.2 Å². The molecule has 8 nitrogen and oxygen atoms in total. The van der Waals surface area contributed by atoms with E-state index in [0.717, 1.165) is 19.3 Å². The number of amides is 1. The van der Waals surface area contributed by atoms with Gasteiger partial charge in [0, 0.05) is 6.92 Å². The number of nitrogens with one attached hydrogen (secondary N) is 1. The minimum atomic E-state index is -4.47. The van der Waals surface area contributed by atoms with Crippen molar-refractivity contribution >= 4 is 13.7 Å². The maximum atomic E-state index is 11.8. The van der Waals surface area contributed by atoms with Crippen LogP contribution in [0.3, 0.4) is 0 Å².